The summed E-state index contributed by atoms with van der Waals surface area (Å²) in [7, 11) is 0. The van der Waals surface area contributed by atoms with E-state index in [9.17, 15) is 4.79 Å². The molecular weight excluding hydrogens is 292 g/mol. The minimum absolute atomic E-state index is 0.0164. The minimum Gasteiger partial charge on any atom is -0.284 e. The molecule has 1 aromatic heterocycles. The zero-order chi connectivity index (χ0) is 15.7. The predicted molar refractivity (Wildman–Crippen MR) is 92.9 cm³/mol. The molecule has 4 heteroatoms. The van der Waals surface area contributed by atoms with Crippen molar-refractivity contribution in [2.45, 2.75) is 20.8 Å². The van der Waals surface area contributed by atoms with Gasteiger partial charge in [0.25, 0.3) is 5.91 Å². The third kappa shape index (κ3) is 2.50. The van der Waals surface area contributed by atoms with Crippen LogP contribution in [0.1, 0.15) is 28.4 Å². The minimum atomic E-state index is 0.0164. The van der Waals surface area contributed by atoms with Gasteiger partial charge in [0.2, 0.25) is 0 Å². The SMILES string of the molecule is CCN(C(=O)c1cccc(C)c1C)c1nc2ccccc2s1. The summed E-state index contributed by atoms with van der Waals surface area (Å²) in [6, 6.07) is 13.8. The molecule has 0 spiro atoms. The van der Waals surface area contributed by atoms with Crippen molar-refractivity contribution in [1.82, 2.24) is 4.98 Å². The lowest BCUT2D eigenvalue weighted by Crippen LogP contribution is -2.31. The summed E-state index contributed by atoms with van der Waals surface area (Å²) in [5.74, 6) is 0.0164. The molecule has 0 radical (unpaired) electrons. The van der Waals surface area contributed by atoms with Crippen molar-refractivity contribution in [2.24, 2.45) is 0 Å². The van der Waals surface area contributed by atoms with Crippen LogP contribution in [0.3, 0.4) is 0 Å². The smallest absolute Gasteiger partial charge is 0.260 e. The molecule has 0 aliphatic rings. The normalized spacial score (nSPS) is 10.9. The van der Waals surface area contributed by atoms with Gasteiger partial charge in [-0.2, -0.15) is 0 Å². The number of aromatic nitrogens is 1. The zero-order valence-corrected chi connectivity index (χ0v) is 13.8. The van der Waals surface area contributed by atoms with Crippen LogP contribution in [0.15, 0.2) is 42.5 Å². The second-order valence-electron chi connectivity index (χ2n) is 5.26. The third-order valence-corrected chi connectivity index (χ3v) is 4.97. The second kappa shape index (κ2) is 5.89. The first-order valence-electron chi connectivity index (χ1n) is 7.35. The first-order valence-corrected chi connectivity index (χ1v) is 8.17. The largest absolute Gasteiger partial charge is 0.284 e. The average molecular weight is 310 g/mol. The van der Waals surface area contributed by atoms with E-state index in [1.54, 1.807) is 16.2 Å². The Bertz CT molecular complexity index is 805. The van der Waals surface area contributed by atoms with E-state index in [4.69, 9.17) is 0 Å². The van der Waals surface area contributed by atoms with Gasteiger partial charge in [-0.15, -0.1) is 0 Å². The van der Waals surface area contributed by atoms with Crippen molar-refractivity contribution in [2.75, 3.05) is 11.4 Å². The summed E-state index contributed by atoms with van der Waals surface area (Å²) >= 11 is 1.56. The Balaban J connectivity index is 2.03. The van der Waals surface area contributed by atoms with Gasteiger partial charge >= 0.3 is 0 Å². The number of fused-ring (bicyclic) bond motifs is 1. The van der Waals surface area contributed by atoms with Crippen LogP contribution in [0.25, 0.3) is 10.2 Å². The number of amides is 1. The van der Waals surface area contributed by atoms with E-state index in [2.05, 4.69) is 4.98 Å². The standard InChI is InChI=1S/C18H18N2OS/c1-4-20(17(21)14-9-7-8-12(2)13(14)3)18-19-15-10-5-6-11-16(15)22-18/h5-11H,4H2,1-3H3. The fourth-order valence-corrected chi connectivity index (χ4v) is 3.50. The van der Waals surface area contributed by atoms with Crippen molar-refractivity contribution in [3.8, 4) is 0 Å². The topological polar surface area (TPSA) is 33.2 Å². The van der Waals surface area contributed by atoms with Gasteiger partial charge in [-0.05, 0) is 50.1 Å². The Labute approximate surface area is 134 Å². The van der Waals surface area contributed by atoms with E-state index in [0.717, 1.165) is 32.0 Å². The van der Waals surface area contributed by atoms with Crippen LogP contribution in [-0.2, 0) is 0 Å². The lowest BCUT2D eigenvalue weighted by molar-refractivity contribution is 0.0987. The van der Waals surface area contributed by atoms with Gasteiger partial charge < -0.3 is 0 Å². The Morgan fingerprint density at radius 2 is 1.91 bits per heavy atom. The number of hydrogen-bond acceptors (Lipinski definition) is 3. The molecule has 0 saturated heterocycles. The number of carbonyl (C=O) groups excluding carboxylic acids is 1. The highest BCUT2D eigenvalue weighted by Gasteiger charge is 2.21. The van der Waals surface area contributed by atoms with Gasteiger partial charge in [0, 0.05) is 12.1 Å². The maximum absolute atomic E-state index is 12.9. The lowest BCUT2D eigenvalue weighted by atomic mass is 10.0. The van der Waals surface area contributed by atoms with E-state index >= 15 is 0 Å². The number of nitrogens with zero attached hydrogens (tertiary/aromatic N) is 2. The molecule has 0 aliphatic heterocycles. The van der Waals surface area contributed by atoms with Gasteiger partial charge in [0.15, 0.2) is 5.13 Å². The summed E-state index contributed by atoms with van der Waals surface area (Å²) in [5.41, 5.74) is 3.86. The number of thiazole rings is 1. The fraction of sp³-hybridized carbons (Fsp3) is 0.222. The number of benzene rings is 2. The van der Waals surface area contributed by atoms with Gasteiger partial charge in [-0.1, -0.05) is 35.6 Å². The van der Waals surface area contributed by atoms with Crippen molar-refractivity contribution < 1.29 is 4.79 Å². The summed E-state index contributed by atoms with van der Waals surface area (Å²) in [6.07, 6.45) is 0. The first kappa shape index (κ1) is 14.7. The van der Waals surface area contributed by atoms with Crippen LogP contribution in [0.2, 0.25) is 0 Å². The highest BCUT2D eigenvalue weighted by molar-refractivity contribution is 7.22. The fourth-order valence-electron chi connectivity index (χ4n) is 2.47. The molecule has 0 saturated carbocycles. The van der Waals surface area contributed by atoms with E-state index in [1.165, 1.54) is 0 Å². The highest BCUT2D eigenvalue weighted by Crippen LogP contribution is 2.30. The maximum Gasteiger partial charge on any atom is 0.260 e. The monoisotopic (exact) mass is 310 g/mol. The summed E-state index contributed by atoms with van der Waals surface area (Å²) < 4.78 is 1.10. The van der Waals surface area contributed by atoms with Crippen molar-refractivity contribution in [1.29, 1.82) is 0 Å². The van der Waals surface area contributed by atoms with Crippen LogP contribution in [0.4, 0.5) is 5.13 Å². The van der Waals surface area contributed by atoms with E-state index < -0.39 is 0 Å². The van der Waals surface area contributed by atoms with Crippen molar-refractivity contribution >= 4 is 32.6 Å². The van der Waals surface area contributed by atoms with Gasteiger partial charge in [-0.3, -0.25) is 9.69 Å². The molecule has 3 aromatic rings. The molecule has 0 bridgehead atoms. The molecule has 1 amide bonds. The number of anilines is 1. The van der Waals surface area contributed by atoms with Crippen molar-refractivity contribution in [3.63, 3.8) is 0 Å². The van der Waals surface area contributed by atoms with Gasteiger partial charge in [0.05, 0.1) is 10.2 Å². The van der Waals surface area contributed by atoms with Crippen LogP contribution in [0.5, 0.6) is 0 Å². The summed E-state index contributed by atoms with van der Waals surface area (Å²) in [4.78, 5) is 19.3. The number of para-hydroxylation sites is 1. The molecule has 22 heavy (non-hydrogen) atoms. The lowest BCUT2D eigenvalue weighted by Gasteiger charge is -2.19. The molecule has 0 unspecified atom stereocenters. The van der Waals surface area contributed by atoms with Crippen LogP contribution < -0.4 is 4.90 Å². The molecule has 0 fully saturated rings. The Morgan fingerprint density at radius 1 is 1.14 bits per heavy atom. The molecule has 112 valence electrons. The van der Waals surface area contributed by atoms with Crippen LogP contribution in [-0.4, -0.2) is 17.4 Å². The molecule has 0 N–H and O–H groups in total. The highest BCUT2D eigenvalue weighted by atomic mass is 32.1. The maximum atomic E-state index is 12.9. The molecule has 2 aromatic carbocycles. The third-order valence-electron chi connectivity index (χ3n) is 3.91. The van der Waals surface area contributed by atoms with Gasteiger partial charge in [0.1, 0.15) is 0 Å². The Hall–Kier alpha value is -2.20. The average Bonchev–Trinajstić information content (AvgIpc) is 2.94. The van der Waals surface area contributed by atoms with Crippen LogP contribution in [0, 0.1) is 13.8 Å². The quantitative estimate of drug-likeness (QED) is 0.709. The molecule has 1 heterocycles. The van der Waals surface area contributed by atoms with Crippen LogP contribution >= 0.6 is 11.3 Å². The summed E-state index contributed by atoms with van der Waals surface area (Å²) in [6.45, 7) is 6.61. The molecular formula is C18H18N2OS. The predicted octanol–water partition coefficient (Wildman–Crippen LogP) is 4.58. The van der Waals surface area contributed by atoms with E-state index in [0.29, 0.717) is 6.54 Å². The number of aryl methyl sites for hydroxylation is 1. The molecule has 0 aliphatic carbocycles. The second-order valence-corrected chi connectivity index (χ2v) is 6.27. The Morgan fingerprint density at radius 3 is 2.64 bits per heavy atom. The molecule has 3 rings (SSSR count). The first-order chi connectivity index (χ1) is 10.6. The zero-order valence-electron chi connectivity index (χ0n) is 13.0. The molecule has 3 nitrogen and oxygen atoms in total. The number of carbonyl (C=O) groups is 1. The molecule has 0 atom stereocenters. The summed E-state index contributed by atoms with van der Waals surface area (Å²) in [5, 5.41) is 0.759. The van der Waals surface area contributed by atoms with E-state index in [1.807, 2.05) is 63.2 Å². The van der Waals surface area contributed by atoms with E-state index in [-0.39, 0.29) is 5.91 Å². The number of rotatable bonds is 3. The number of hydrogen-bond donors (Lipinski definition) is 0. The van der Waals surface area contributed by atoms with Crippen molar-refractivity contribution in [3.05, 3.63) is 59.2 Å². The Kier molecular flexibility index (Phi) is 3.94. The van der Waals surface area contributed by atoms with Gasteiger partial charge in [-0.25, -0.2) is 4.98 Å².